The molecule has 1 heterocycles. The van der Waals surface area contributed by atoms with E-state index in [1.165, 1.54) is 0 Å². The highest BCUT2D eigenvalue weighted by molar-refractivity contribution is 5.69. The van der Waals surface area contributed by atoms with Crippen molar-refractivity contribution in [2.45, 2.75) is 43.7 Å². The Labute approximate surface area is 193 Å². The molecule has 1 fully saturated rings. The summed E-state index contributed by atoms with van der Waals surface area (Å²) < 4.78 is 126. The molecule has 1 saturated heterocycles. The maximum atomic E-state index is 14.0. The molecule has 1 amide bonds. The van der Waals surface area contributed by atoms with Crippen LogP contribution in [0.4, 0.5) is 44.3 Å². The molecule has 13 heteroatoms. The first-order valence-electron chi connectivity index (χ1n) is 10.1. The number of hydrogen-bond acceptors (Lipinski definition) is 3. The Morgan fingerprint density at radius 1 is 0.886 bits per heavy atom. The number of methoxy groups -OCH3 is 1. The first-order chi connectivity index (χ1) is 16.1. The molecule has 192 valence electrons. The van der Waals surface area contributed by atoms with Crippen LogP contribution in [-0.4, -0.2) is 47.9 Å². The number of hydrogen-bond donors (Lipinski definition) is 0. The molecular formula is C22H19F9N2O2. The highest BCUT2D eigenvalue weighted by Gasteiger charge is 2.56. The molecule has 2 aromatic carbocycles. The zero-order valence-electron chi connectivity index (χ0n) is 18.0. The highest BCUT2D eigenvalue weighted by atomic mass is 19.4. The van der Waals surface area contributed by atoms with Gasteiger partial charge in [-0.05, 0) is 35.7 Å². The fourth-order valence-electron chi connectivity index (χ4n) is 4.09. The first kappa shape index (κ1) is 26.6. The van der Waals surface area contributed by atoms with Crippen LogP contribution in [0, 0.1) is 0 Å². The van der Waals surface area contributed by atoms with E-state index in [0.717, 1.165) is 12.0 Å². The number of carbonyl (C=O) groups excluding carboxylic acids is 1. The van der Waals surface area contributed by atoms with Gasteiger partial charge >= 0.3 is 24.6 Å². The molecule has 0 saturated carbocycles. The minimum absolute atomic E-state index is 0.0730. The summed E-state index contributed by atoms with van der Waals surface area (Å²) in [6.07, 6.45) is -19.8. The summed E-state index contributed by atoms with van der Waals surface area (Å²) in [6.45, 7) is -0.739. The average Bonchev–Trinajstić information content (AvgIpc) is 3.10. The van der Waals surface area contributed by atoms with E-state index in [1.807, 2.05) is 0 Å². The quantitative estimate of drug-likeness (QED) is 0.462. The van der Waals surface area contributed by atoms with Gasteiger partial charge in [-0.2, -0.15) is 39.5 Å². The van der Waals surface area contributed by atoms with Crippen LogP contribution in [-0.2, 0) is 30.1 Å². The van der Waals surface area contributed by atoms with Crippen LogP contribution in [0.3, 0.4) is 0 Å². The van der Waals surface area contributed by atoms with Crippen molar-refractivity contribution in [1.29, 1.82) is 0 Å². The van der Waals surface area contributed by atoms with Crippen LogP contribution in [0.15, 0.2) is 48.5 Å². The van der Waals surface area contributed by atoms with Crippen molar-refractivity contribution in [2.24, 2.45) is 0 Å². The minimum atomic E-state index is -5.12. The summed E-state index contributed by atoms with van der Waals surface area (Å²) in [4.78, 5) is 13.5. The van der Waals surface area contributed by atoms with E-state index in [4.69, 9.17) is 0 Å². The largest absolute Gasteiger partial charge is 0.453 e. The molecule has 3 rings (SSSR count). The third kappa shape index (κ3) is 6.19. The van der Waals surface area contributed by atoms with Crippen molar-refractivity contribution in [3.05, 3.63) is 70.8 Å². The van der Waals surface area contributed by atoms with Crippen molar-refractivity contribution < 1.29 is 49.0 Å². The maximum Gasteiger partial charge on any atom is 0.422 e. The van der Waals surface area contributed by atoms with Gasteiger partial charge in [-0.3, -0.25) is 9.80 Å². The summed E-state index contributed by atoms with van der Waals surface area (Å²) >= 11 is 0. The zero-order chi connectivity index (χ0) is 26.2. The number of alkyl halides is 9. The van der Waals surface area contributed by atoms with Gasteiger partial charge in [0, 0.05) is 13.1 Å². The Hall–Kier alpha value is -2.96. The van der Waals surface area contributed by atoms with Crippen molar-refractivity contribution in [3.63, 3.8) is 0 Å². The van der Waals surface area contributed by atoms with E-state index < -0.39 is 66.5 Å². The summed E-state index contributed by atoms with van der Waals surface area (Å²) in [5, 5.41) is 0. The van der Waals surface area contributed by atoms with Crippen LogP contribution < -0.4 is 0 Å². The second kappa shape index (κ2) is 9.59. The lowest BCUT2D eigenvalue weighted by Crippen LogP contribution is -2.53. The molecular weight excluding hydrogens is 495 g/mol. The Morgan fingerprint density at radius 3 is 1.89 bits per heavy atom. The minimum Gasteiger partial charge on any atom is -0.453 e. The average molecular weight is 514 g/mol. The lowest BCUT2D eigenvalue weighted by atomic mass is 9.99. The fraction of sp³-hybridized carbons (Fsp3) is 0.409. The second-order valence-corrected chi connectivity index (χ2v) is 7.98. The number of ether oxygens (including phenoxy) is 1. The van der Waals surface area contributed by atoms with Gasteiger partial charge in [-0.15, -0.1) is 0 Å². The van der Waals surface area contributed by atoms with Crippen LogP contribution >= 0.6 is 0 Å². The van der Waals surface area contributed by atoms with E-state index >= 15 is 0 Å². The van der Waals surface area contributed by atoms with Crippen LogP contribution in [0.1, 0.15) is 22.3 Å². The predicted molar refractivity (Wildman–Crippen MR) is 105 cm³/mol. The van der Waals surface area contributed by atoms with E-state index in [1.54, 1.807) is 30.3 Å². The van der Waals surface area contributed by atoms with Crippen LogP contribution in [0.25, 0.3) is 0 Å². The molecule has 0 radical (unpaired) electrons. The lowest BCUT2D eigenvalue weighted by Gasteiger charge is -2.32. The Kier molecular flexibility index (Phi) is 7.30. The number of benzene rings is 2. The summed E-state index contributed by atoms with van der Waals surface area (Å²) in [7, 11) is 0.832. The van der Waals surface area contributed by atoms with Gasteiger partial charge in [0.2, 0.25) is 0 Å². The summed E-state index contributed by atoms with van der Waals surface area (Å²) in [6, 6.07) is 7.30. The third-order valence-electron chi connectivity index (χ3n) is 5.47. The summed E-state index contributed by atoms with van der Waals surface area (Å²) in [5.41, 5.74) is -3.25. The zero-order valence-corrected chi connectivity index (χ0v) is 18.0. The van der Waals surface area contributed by atoms with Gasteiger partial charge < -0.3 is 4.74 Å². The van der Waals surface area contributed by atoms with Crippen LogP contribution in [0.2, 0.25) is 0 Å². The van der Waals surface area contributed by atoms with Crippen molar-refractivity contribution in [1.82, 2.24) is 9.80 Å². The van der Waals surface area contributed by atoms with Gasteiger partial charge in [0.05, 0.1) is 24.3 Å². The number of amides is 1. The third-order valence-corrected chi connectivity index (χ3v) is 5.47. The van der Waals surface area contributed by atoms with Crippen molar-refractivity contribution in [2.75, 3.05) is 13.7 Å². The van der Waals surface area contributed by atoms with Gasteiger partial charge in [0.15, 0.2) is 6.17 Å². The highest BCUT2D eigenvalue weighted by Crippen LogP contribution is 2.39. The number of rotatable bonds is 4. The van der Waals surface area contributed by atoms with E-state index in [2.05, 4.69) is 4.74 Å². The maximum absolute atomic E-state index is 14.0. The number of carbonyl (C=O) groups is 1. The number of halogens is 9. The molecule has 1 aliphatic heterocycles. The molecule has 0 aromatic heterocycles. The standard InChI is InChI=1S/C22H19F9N2O2/c1-35-19(34)33-17(9-14-7-15(20(23,24)25)10-16(8-14)21(26,27)28)12-32(18(33)22(29,30)31)11-13-5-3-2-4-6-13/h2-8,10,17-18H,9,11-12H2,1H3/t17-,18+/m0/s1. The Bertz CT molecular complexity index is 1000. The topological polar surface area (TPSA) is 32.8 Å². The van der Waals surface area contributed by atoms with Gasteiger partial charge in [-0.1, -0.05) is 30.3 Å². The molecule has 0 N–H and O–H groups in total. The molecule has 2 aromatic rings. The normalized spacial score (nSPS) is 19.8. The van der Waals surface area contributed by atoms with Gasteiger partial charge in [-0.25, -0.2) is 4.79 Å². The second-order valence-electron chi connectivity index (χ2n) is 7.98. The molecule has 1 aliphatic rings. The SMILES string of the molecule is COC(=O)N1[C@@H](Cc2cc(C(F)(F)F)cc(C(F)(F)F)c2)CN(Cc2ccccc2)[C@H]1C(F)(F)F. The predicted octanol–water partition coefficient (Wildman–Crippen LogP) is 6.11. The summed E-state index contributed by atoms with van der Waals surface area (Å²) in [5.74, 6) is 0. The molecule has 2 atom stereocenters. The fourth-order valence-corrected chi connectivity index (χ4v) is 4.09. The van der Waals surface area contributed by atoms with Crippen LogP contribution in [0.5, 0.6) is 0 Å². The molecule has 0 aliphatic carbocycles. The van der Waals surface area contributed by atoms with E-state index in [-0.39, 0.29) is 12.6 Å². The smallest absolute Gasteiger partial charge is 0.422 e. The van der Waals surface area contributed by atoms with Crippen molar-refractivity contribution >= 4 is 6.09 Å². The molecule has 35 heavy (non-hydrogen) atoms. The van der Waals surface area contributed by atoms with E-state index in [9.17, 15) is 44.3 Å². The molecule has 4 nitrogen and oxygen atoms in total. The molecule has 0 spiro atoms. The first-order valence-corrected chi connectivity index (χ1v) is 10.1. The van der Waals surface area contributed by atoms with Crippen molar-refractivity contribution in [3.8, 4) is 0 Å². The number of nitrogens with zero attached hydrogens (tertiary/aromatic N) is 2. The monoisotopic (exact) mass is 514 g/mol. The molecule has 0 unspecified atom stereocenters. The Morgan fingerprint density at radius 2 is 1.43 bits per heavy atom. The van der Waals surface area contributed by atoms with Gasteiger partial charge in [0.1, 0.15) is 0 Å². The lowest BCUT2D eigenvalue weighted by molar-refractivity contribution is -0.205. The molecule has 0 bridgehead atoms. The van der Waals surface area contributed by atoms with Gasteiger partial charge in [0.25, 0.3) is 0 Å². The Balaban J connectivity index is 2.03. The van der Waals surface area contributed by atoms with E-state index in [0.29, 0.717) is 22.6 Å².